The van der Waals surface area contributed by atoms with Crippen LogP contribution in [0.5, 0.6) is 11.8 Å². The molecule has 0 unspecified atom stereocenters. The van der Waals surface area contributed by atoms with Crippen LogP contribution < -0.4 is 20.7 Å². The number of nitrogens with one attached hydrogen (secondary N) is 1. The van der Waals surface area contributed by atoms with Crippen molar-refractivity contribution in [3.63, 3.8) is 0 Å². The maximum atomic E-state index is 11.4. The van der Waals surface area contributed by atoms with Gasteiger partial charge in [-0.25, -0.2) is 0 Å². The largest absolute Gasteiger partial charge is 0.423 e. The Balaban J connectivity index is 2.40. The van der Waals surface area contributed by atoms with Crippen molar-refractivity contribution < 1.29 is 9.53 Å². The first kappa shape index (κ1) is 14.5. The van der Waals surface area contributed by atoms with E-state index in [1.165, 1.54) is 0 Å². The maximum absolute atomic E-state index is 11.4. The first-order chi connectivity index (χ1) is 10.0. The summed E-state index contributed by atoms with van der Waals surface area (Å²) in [7, 11) is 5.29. The van der Waals surface area contributed by atoms with Gasteiger partial charge in [-0.15, -0.1) is 0 Å². The second-order valence-corrected chi connectivity index (χ2v) is 4.35. The molecule has 3 N–H and O–H groups in total. The molecule has 1 heterocycles. The molecule has 0 atom stereocenters. The number of aromatic nitrogens is 3. The summed E-state index contributed by atoms with van der Waals surface area (Å²) in [5, 5.41) is 2.83. The van der Waals surface area contributed by atoms with Crippen molar-refractivity contribution in [2.75, 3.05) is 31.4 Å². The number of primary amides is 1. The Bertz CT molecular complexity index is 659. The number of hydrogen-bond acceptors (Lipinski definition) is 7. The number of amides is 1. The maximum Gasteiger partial charge on any atom is 0.328 e. The number of carbonyl (C=O) groups excluding carboxylic acids is 1. The Morgan fingerprint density at radius 2 is 1.95 bits per heavy atom. The van der Waals surface area contributed by atoms with Crippen LogP contribution in [0.3, 0.4) is 0 Å². The van der Waals surface area contributed by atoms with Crippen LogP contribution in [0.15, 0.2) is 24.3 Å². The highest BCUT2D eigenvalue weighted by Gasteiger charge is 2.13. The van der Waals surface area contributed by atoms with E-state index in [0.29, 0.717) is 17.6 Å². The molecule has 1 aromatic carbocycles. The first-order valence-corrected chi connectivity index (χ1v) is 6.19. The fraction of sp³-hybridized carbons (Fsp3) is 0.231. The molecular formula is C13H16N6O2. The lowest BCUT2D eigenvalue weighted by molar-refractivity contribution is 0.0998. The lowest BCUT2D eigenvalue weighted by Crippen LogP contribution is -2.15. The fourth-order valence-electron chi connectivity index (χ4n) is 1.56. The minimum Gasteiger partial charge on any atom is -0.423 e. The average Bonchev–Trinajstić information content (AvgIpc) is 2.47. The smallest absolute Gasteiger partial charge is 0.328 e. The summed E-state index contributed by atoms with van der Waals surface area (Å²) in [4.78, 5) is 25.5. The summed E-state index contributed by atoms with van der Waals surface area (Å²) in [5.41, 5.74) is 5.57. The highest BCUT2D eigenvalue weighted by molar-refractivity contribution is 5.95. The van der Waals surface area contributed by atoms with Gasteiger partial charge in [0.05, 0.1) is 5.56 Å². The summed E-state index contributed by atoms with van der Waals surface area (Å²) >= 11 is 0. The normalized spacial score (nSPS) is 10.0. The zero-order chi connectivity index (χ0) is 15.4. The van der Waals surface area contributed by atoms with E-state index >= 15 is 0 Å². The highest BCUT2D eigenvalue weighted by Crippen LogP contribution is 2.24. The summed E-state index contributed by atoms with van der Waals surface area (Å²) < 4.78 is 5.57. The molecule has 1 amide bonds. The van der Waals surface area contributed by atoms with Gasteiger partial charge in [0.1, 0.15) is 5.75 Å². The number of carbonyl (C=O) groups is 1. The lowest BCUT2D eigenvalue weighted by Gasteiger charge is -2.13. The molecule has 2 aromatic rings. The standard InChI is InChI=1S/C13H16N6O2/c1-15-11-16-12(19(2)3)18-13(17-11)21-9-7-5-4-6-8(9)10(14)20/h4-7H,1-3H3,(H2,14,20)(H,15,16,17,18). The van der Waals surface area contributed by atoms with Crippen molar-refractivity contribution in [3.8, 4) is 11.8 Å². The van der Waals surface area contributed by atoms with Gasteiger partial charge in [0.15, 0.2) is 0 Å². The second kappa shape index (κ2) is 6.04. The van der Waals surface area contributed by atoms with Crippen molar-refractivity contribution in [1.82, 2.24) is 15.0 Å². The Morgan fingerprint density at radius 1 is 1.24 bits per heavy atom. The van der Waals surface area contributed by atoms with Gasteiger partial charge in [0, 0.05) is 21.1 Å². The van der Waals surface area contributed by atoms with E-state index in [2.05, 4.69) is 20.3 Å². The Kier molecular flexibility index (Phi) is 4.17. The van der Waals surface area contributed by atoms with E-state index in [-0.39, 0.29) is 11.6 Å². The molecule has 110 valence electrons. The minimum atomic E-state index is -0.582. The summed E-state index contributed by atoms with van der Waals surface area (Å²) in [6.07, 6.45) is 0. The quantitative estimate of drug-likeness (QED) is 0.840. The van der Waals surface area contributed by atoms with Gasteiger partial charge >= 0.3 is 6.01 Å². The van der Waals surface area contributed by atoms with E-state index in [4.69, 9.17) is 10.5 Å². The van der Waals surface area contributed by atoms with Crippen LogP contribution in [0, 0.1) is 0 Å². The summed E-state index contributed by atoms with van der Waals surface area (Å²) in [6, 6.07) is 6.70. The number of nitrogens with zero attached hydrogens (tertiary/aromatic N) is 4. The molecular weight excluding hydrogens is 272 g/mol. The molecule has 0 saturated heterocycles. The van der Waals surface area contributed by atoms with Gasteiger partial charge in [0.25, 0.3) is 5.91 Å². The van der Waals surface area contributed by atoms with Crippen LogP contribution >= 0.6 is 0 Å². The number of benzene rings is 1. The van der Waals surface area contributed by atoms with Crippen LogP contribution in [0.2, 0.25) is 0 Å². The van der Waals surface area contributed by atoms with Crippen LogP contribution in [0.4, 0.5) is 11.9 Å². The van der Waals surface area contributed by atoms with E-state index in [9.17, 15) is 4.79 Å². The Hall–Kier alpha value is -2.90. The van der Waals surface area contributed by atoms with Crippen molar-refractivity contribution in [3.05, 3.63) is 29.8 Å². The zero-order valence-corrected chi connectivity index (χ0v) is 12.0. The Labute approximate surface area is 122 Å². The van der Waals surface area contributed by atoms with Crippen LogP contribution in [0.25, 0.3) is 0 Å². The third-order valence-electron chi connectivity index (χ3n) is 2.58. The summed E-state index contributed by atoms with van der Waals surface area (Å²) in [5.74, 6) is 0.505. The van der Waals surface area contributed by atoms with E-state index < -0.39 is 5.91 Å². The molecule has 0 radical (unpaired) electrons. The average molecular weight is 288 g/mol. The predicted octanol–water partition coefficient (Wildman–Crippen LogP) is 0.870. The van der Waals surface area contributed by atoms with Gasteiger partial charge < -0.3 is 20.7 Å². The van der Waals surface area contributed by atoms with Crippen molar-refractivity contribution in [1.29, 1.82) is 0 Å². The predicted molar refractivity (Wildman–Crippen MR) is 78.7 cm³/mol. The molecule has 0 spiro atoms. The molecule has 21 heavy (non-hydrogen) atoms. The molecule has 8 nitrogen and oxygen atoms in total. The van der Waals surface area contributed by atoms with Gasteiger partial charge in [0.2, 0.25) is 11.9 Å². The molecule has 0 fully saturated rings. The Morgan fingerprint density at radius 3 is 2.57 bits per heavy atom. The third-order valence-corrected chi connectivity index (χ3v) is 2.58. The molecule has 0 aliphatic heterocycles. The molecule has 8 heteroatoms. The second-order valence-electron chi connectivity index (χ2n) is 4.35. The topological polar surface area (TPSA) is 106 Å². The molecule has 0 saturated carbocycles. The van der Waals surface area contributed by atoms with Crippen molar-refractivity contribution in [2.24, 2.45) is 5.73 Å². The number of ether oxygens (including phenoxy) is 1. The monoisotopic (exact) mass is 288 g/mol. The number of para-hydroxylation sites is 1. The molecule has 0 aliphatic rings. The van der Waals surface area contributed by atoms with Crippen LogP contribution in [-0.2, 0) is 0 Å². The van der Waals surface area contributed by atoms with E-state index in [0.717, 1.165) is 0 Å². The number of rotatable bonds is 5. The SMILES string of the molecule is CNc1nc(Oc2ccccc2C(N)=O)nc(N(C)C)n1. The fourth-order valence-corrected chi connectivity index (χ4v) is 1.56. The molecule has 0 bridgehead atoms. The van der Waals surface area contributed by atoms with Gasteiger partial charge in [-0.2, -0.15) is 15.0 Å². The number of anilines is 2. The van der Waals surface area contributed by atoms with Gasteiger partial charge in [-0.1, -0.05) is 12.1 Å². The highest BCUT2D eigenvalue weighted by atomic mass is 16.5. The van der Waals surface area contributed by atoms with Crippen LogP contribution in [0.1, 0.15) is 10.4 Å². The van der Waals surface area contributed by atoms with Gasteiger partial charge in [-0.05, 0) is 12.1 Å². The minimum absolute atomic E-state index is 0.0757. The molecule has 1 aromatic heterocycles. The lowest BCUT2D eigenvalue weighted by atomic mass is 10.2. The first-order valence-electron chi connectivity index (χ1n) is 6.19. The van der Waals surface area contributed by atoms with Gasteiger partial charge in [-0.3, -0.25) is 4.79 Å². The molecule has 0 aliphatic carbocycles. The number of nitrogens with two attached hydrogens (primary N) is 1. The van der Waals surface area contributed by atoms with Crippen molar-refractivity contribution in [2.45, 2.75) is 0 Å². The van der Waals surface area contributed by atoms with E-state index in [1.54, 1.807) is 50.3 Å². The van der Waals surface area contributed by atoms with E-state index in [1.807, 2.05) is 0 Å². The zero-order valence-electron chi connectivity index (χ0n) is 12.0. The van der Waals surface area contributed by atoms with Crippen molar-refractivity contribution >= 4 is 17.8 Å². The number of hydrogen-bond donors (Lipinski definition) is 2. The molecule has 2 rings (SSSR count). The summed E-state index contributed by atoms with van der Waals surface area (Å²) in [6.45, 7) is 0. The van der Waals surface area contributed by atoms with Crippen LogP contribution in [-0.4, -0.2) is 42.0 Å². The third kappa shape index (κ3) is 3.35.